The first-order chi connectivity index (χ1) is 35.6. The van der Waals surface area contributed by atoms with E-state index in [-0.39, 0.29) is 56.1 Å². The van der Waals surface area contributed by atoms with Crippen molar-refractivity contribution in [3.63, 3.8) is 0 Å². The second-order valence-corrected chi connectivity index (χ2v) is 22.9. The summed E-state index contributed by atoms with van der Waals surface area (Å²) in [5.74, 6) is -3.14. The Morgan fingerprint density at radius 2 is 1.18 bits per heavy atom. The van der Waals surface area contributed by atoms with Crippen molar-refractivity contribution in [3.05, 3.63) is 59.2 Å². The first kappa shape index (κ1) is 57.0. The molecule has 76 heavy (non-hydrogen) atoms. The molecule has 1 aliphatic carbocycles. The molecule has 414 valence electrons. The topological polar surface area (TPSA) is 216 Å². The van der Waals surface area contributed by atoms with Gasteiger partial charge in [-0.3, -0.25) is 33.8 Å². The quantitative estimate of drug-likeness (QED) is 0.0629. The molecule has 2 aromatic heterocycles. The Morgan fingerprint density at radius 3 is 1.64 bits per heavy atom. The minimum absolute atomic E-state index is 0.0265. The zero-order chi connectivity index (χ0) is 55.9. The largest absolute Gasteiger partial charge is 0.461 e. The Hall–Kier alpha value is -6.73. The van der Waals surface area contributed by atoms with Gasteiger partial charge in [0.25, 0.3) is 0 Å². The summed E-state index contributed by atoms with van der Waals surface area (Å²) in [5.41, 5.74) is 1.97. The number of nitrogens with one attached hydrogen (secondary N) is 4. The van der Waals surface area contributed by atoms with E-state index in [0.29, 0.717) is 45.2 Å². The van der Waals surface area contributed by atoms with Gasteiger partial charge < -0.3 is 44.6 Å². The molecular formula is C56H76F2N8O10. The third-order valence-electron chi connectivity index (χ3n) is 15.2. The van der Waals surface area contributed by atoms with Crippen LogP contribution in [-0.4, -0.2) is 152 Å². The number of piperidine rings is 1. The molecule has 6 amide bonds. The second kappa shape index (κ2) is 22.5. The maximum atomic E-state index is 15.2. The number of halogens is 2. The third kappa shape index (κ3) is 12.4. The number of ether oxygens (including phenoxy) is 3. The number of hydrogen-bond donors (Lipinski definition) is 4. The summed E-state index contributed by atoms with van der Waals surface area (Å²) >= 11 is 0. The zero-order valence-electron chi connectivity index (χ0n) is 46.2. The molecule has 3 fully saturated rings. The molecule has 2 aromatic carbocycles. The standard InChI is InChI=1S/C56H76F2N8O10/c1-14-42(61-49(68)29(3)63(12)53(72)75-55(6,7)8)51(70)65-28-37(74-31(5)67)25-36(65)26-40-38-20-17-33(57)23-44(38)59-47(40)48-41(39-21-18-34(58)24-45(39)60-48)27-46-32-16-19-35(22-32)66(46)52(71)43(15-2)62-50(69)30(4)64(13)54(73)76-56(9,10)11/h17-18,20-21,23-24,29-30,32,35-37,42-43,46,59-60H,14-16,19,22,25-28H2,1-13H3,(H,61,68)(H,62,69)/t29-,30-,32?,35?,36-,37-,42-,43-,46+/m0/s1. The van der Waals surface area contributed by atoms with Crippen LogP contribution in [0.2, 0.25) is 0 Å². The molecule has 3 aliphatic rings. The van der Waals surface area contributed by atoms with E-state index in [4.69, 9.17) is 14.2 Å². The van der Waals surface area contributed by atoms with Crippen molar-refractivity contribution in [1.29, 1.82) is 0 Å². The average Bonchev–Trinajstić information content (AvgIpc) is 4.18. The minimum Gasteiger partial charge on any atom is -0.461 e. The fourth-order valence-corrected chi connectivity index (χ4v) is 11.1. The number of likely N-dealkylation sites (tertiary alicyclic amines) is 2. The molecule has 0 spiro atoms. The van der Waals surface area contributed by atoms with Crippen molar-refractivity contribution in [1.82, 2.24) is 40.2 Å². The fraction of sp³-hybridized carbons (Fsp3) is 0.589. The van der Waals surface area contributed by atoms with Crippen molar-refractivity contribution < 1.29 is 56.6 Å². The SMILES string of the molecule is CC[C@H](NC(=O)[C@H](C)N(C)C(=O)OC(C)(C)C)C(=O)N1C[C@@H](OC(C)=O)C[C@H]1Cc1c(-c2[nH]c3cc(F)ccc3c2C[C@@H]2C3CCC(C3)N2C(=O)[C@H](CC)NC(=O)[C@H](C)N(C)C(=O)OC(C)(C)C)[nH]c2cc(F)ccc12. The van der Waals surface area contributed by atoms with Gasteiger partial charge in [0.05, 0.1) is 17.9 Å². The number of carbonyl (C=O) groups excluding carboxylic acids is 7. The van der Waals surface area contributed by atoms with Gasteiger partial charge in [0.15, 0.2) is 0 Å². The Labute approximate surface area is 443 Å². The monoisotopic (exact) mass is 1060 g/mol. The van der Waals surface area contributed by atoms with Gasteiger partial charge in [0.2, 0.25) is 23.6 Å². The molecule has 0 radical (unpaired) electrons. The van der Waals surface area contributed by atoms with Gasteiger partial charge in [-0.1, -0.05) is 13.8 Å². The van der Waals surface area contributed by atoms with Crippen LogP contribution in [0.1, 0.15) is 126 Å². The van der Waals surface area contributed by atoms with E-state index < -0.39 is 95.0 Å². The van der Waals surface area contributed by atoms with Crippen LogP contribution in [0.25, 0.3) is 33.2 Å². The van der Waals surface area contributed by atoms with Crippen molar-refractivity contribution in [2.75, 3.05) is 20.6 Å². The summed E-state index contributed by atoms with van der Waals surface area (Å²) in [7, 11) is 2.92. The number of benzene rings is 2. The molecular weight excluding hydrogens is 983 g/mol. The number of likely N-dealkylation sites (N-methyl/N-ethyl adjacent to an activating group) is 2. The van der Waals surface area contributed by atoms with Crippen LogP contribution in [0.15, 0.2) is 36.4 Å². The van der Waals surface area contributed by atoms with E-state index in [1.54, 1.807) is 72.4 Å². The van der Waals surface area contributed by atoms with Gasteiger partial charge in [0, 0.05) is 67.4 Å². The molecule has 9 atom stereocenters. The van der Waals surface area contributed by atoms with Crippen molar-refractivity contribution >= 4 is 63.6 Å². The Balaban J connectivity index is 1.22. The maximum absolute atomic E-state index is 15.2. The van der Waals surface area contributed by atoms with E-state index in [0.717, 1.165) is 29.7 Å². The number of rotatable bonds is 16. The number of amides is 6. The maximum Gasteiger partial charge on any atom is 0.410 e. The molecule has 7 rings (SSSR count). The third-order valence-corrected chi connectivity index (χ3v) is 15.2. The van der Waals surface area contributed by atoms with Crippen LogP contribution in [0.4, 0.5) is 18.4 Å². The number of esters is 1. The highest BCUT2D eigenvalue weighted by Crippen LogP contribution is 2.46. The molecule has 4 aromatic rings. The number of hydrogen-bond acceptors (Lipinski definition) is 10. The summed E-state index contributed by atoms with van der Waals surface area (Å²) in [6.45, 7) is 18.4. The summed E-state index contributed by atoms with van der Waals surface area (Å²) in [6.07, 6.45) is 1.57. The number of carbonyl (C=O) groups is 7. The van der Waals surface area contributed by atoms with Crippen LogP contribution in [0.5, 0.6) is 0 Å². The lowest BCUT2D eigenvalue weighted by molar-refractivity contribution is -0.147. The molecule has 4 N–H and O–H groups in total. The number of nitrogens with zero attached hydrogens (tertiary/aromatic N) is 4. The summed E-state index contributed by atoms with van der Waals surface area (Å²) < 4.78 is 47.0. The smallest absolute Gasteiger partial charge is 0.410 e. The number of fused-ring (bicyclic) bond motifs is 4. The molecule has 2 saturated heterocycles. The van der Waals surface area contributed by atoms with Crippen LogP contribution in [0.3, 0.4) is 0 Å². The van der Waals surface area contributed by atoms with Gasteiger partial charge in [-0.2, -0.15) is 0 Å². The zero-order valence-corrected chi connectivity index (χ0v) is 46.2. The van der Waals surface area contributed by atoms with Crippen molar-refractivity contribution in [2.24, 2.45) is 5.92 Å². The van der Waals surface area contributed by atoms with Gasteiger partial charge >= 0.3 is 18.2 Å². The van der Waals surface area contributed by atoms with Gasteiger partial charge in [0.1, 0.15) is 53.1 Å². The van der Waals surface area contributed by atoms with Gasteiger partial charge in [-0.15, -0.1) is 0 Å². The number of aromatic nitrogens is 2. The second-order valence-electron chi connectivity index (χ2n) is 22.9. The first-order valence-corrected chi connectivity index (χ1v) is 26.5. The Morgan fingerprint density at radius 1 is 0.711 bits per heavy atom. The molecule has 2 unspecified atom stereocenters. The van der Waals surface area contributed by atoms with E-state index in [9.17, 15) is 33.6 Å². The molecule has 4 heterocycles. The molecule has 18 nitrogen and oxygen atoms in total. The van der Waals surface area contributed by atoms with Gasteiger partial charge in [-0.25, -0.2) is 18.4 Å². The first-order valence-electron chi connectivity index (χ1n) is 26.5. The van der Waals surface area contributed by atoms with E-state index in [2.05, 4.69) is 20.6 Å². The number of H-pyrrole nitrogens is 2. The van der Waals surface area contributed by atoms with Crippen LogP contribution >= 0.6 is 0 Å². The average molecular weight is 1060 g/mol. The number of aromatic amines is 2. The normalized spacial score (nSPS) is 21.0. The van der Waals surface area contributed by atoms with Crippen molar-refractivity contribution in [3.8, 4) is 11.4 Å². The molecule has 2 aliphatic heterocycles. The van der Waals surface area contributed by atoms with Gasteiger partial charge in [-0.05, 0) is 154 Å². The summed E-state index contributed by atoms with van der Waals surface area (Å²) in [4.78, 5) is 108. The lowest BCUT2D eigenvalue weighted by Gasteiger charge is -2.38. The van der Waals surface area contributed by atoms with Crippen LogP contribution < -0.4 is 10.6 Å². The highest BCUT2D eigenvalue weighted by Gasteiger charge is 2.50. The summed E-state index contributed by atoms with van der Waals surface area (Å²) in [6, 6.07) is 3.97. The minimum atomic E-state index is -1.03. The lowest BCUT2D eigenvalue weighted by Crippen LogP contribution is -2.57. The summed E-state index contributed by atoms with van der Waals surface area (Å²) in [5, 5.41) is 7.12. The lowest BCUT2D eigenvalue weighted by atomic mass is 9.89. The van der Waals surface area contributed by atoms with Crippen molar-refractivity contribution in [2.45, 2.75) is 187 Å². The van der Waals surface area contributed by atoms with E-state index in [1.165, 1.54) is 57.1 Å². The highest BCUT2D eigenvalue weighted by molar-refractivity contribution is 5.97. The van der Waals surface area contributed by atoms with Crippen LogP contribution in [0, 0.1) is 17.6 Å². The molecule has 1 saturated carbocycles. The van der Waals surface area contributed by atoms with E-state index >= 15 is 8.78 Å². The fourth-order valence-electron chi connectivity index (χ4n) is 11.1. The van der Waals surface area contributed by atoms with Crippen LogP contribution in [-0.2, 0) is 51.0 Å². The Kier molecular flexibility index (Phi) is 16.8. The van der Waals surface area contributed by atoms with E-state index in [1.807, 2.05) is 11.8 Å². The molecule has 20 heteroatoms. The highest BCUT2D eigenvalue weighted by atomic mass is 19.1. The predicted molar refractivity (Wildman–Crippen MR) is 282 cm³/mol. The Bertz CT molecular complexity index is 2870. The predicted octanol–water partition coefficient (Wildman–Crippen LogP) is 7.89. The molecule has 2 bridgehead atoms.